The van der Waals surface area contributed by atoms with E-state index in [1.807, 2.05) is 25.1 Å². The minimum atomic E-state index is -0.150. The van der Waals surface area contributed by atoms with Crippen LogP contribution in [0.3, 0.4) is 0 Å². The fourth-order valence-electron chi connectivity index (χ4n) is 1.98. The van der Waals surface area contributed by atoms with Gasteiger partial charge in [-0.1, -0.05) is 6.07 Å². The van der Waals surface area contributed by atoms with Gasteiger partial charge in [-0.15, -0.1) is 0 Å². The van der Waals surface area contributed by atoms with Crippen molar-refractivity contribution >= 4 is 12.0 Å². The molecule has 0 fully saturated rings. The molecule has 0 aliphatic carbocycles. The first-order valence-electron chi connectivity index (χ1n) is 5.79. The van der Waals surface area contributed by atoms with Gasteiger partial charge in [-0.05, 0) is 47.9 Å². The topological polar surface area (TPSA) is 72.5 Å². The molecular formula is C15H15NO3. The van der Waals surface area contributed by atoms with Crippen LogP contribution in [0.25, 0.3) is 11.1 Å². The molecule has 2 rings (SSSR count). The second-order valence-electron chi connectivity index (χ2n) is 4.31. The zero-order valence-corrected chi connectivity index (χ0v) is 10.8. The van der Waals surface area contributed by atoms with E-state index in [1.54, 1.807) is 12.1 Å². The number of rotatable bonds is 3. The summed E-state index contributed by atoms with van der Waals surface area (Å²) in [6.07, 6.45) is 0.600. The largest absolute Gasteiger partial charge is 0.504 e. The maximum atomic E-state index is 11.0. The summed E-state index contributed by atoms with van der Waals surface area (Å²) in [5.41, 5.74) is 9.33. The molecule has 0 saturated carbocycles. The summed E-state index contributed by atoms with van der Waals surface area (Å²) in [7, 11) is 1.44. The second-order valence-corrected chi connectivity index (χ2v) is 4.31. The number of ether oxygens (including phenoxy) is 1. The predicted molar refractivity (Wildman–Crippen MR) is 74.6 cm³/mol. The zero-order chi connectivity index (χ0) is 14.0. The van der Waals surface area contributed by atoms with Crippen molar-refractivity contribution in [2.45, 2.75) is 6.92 Å². The molecule has 0 radical (unpaired) electrons. The van der Waals surface area contributed by atoms with Gasteiger partial charge in [0.1, 0.15) is 0 Å². The highest BCUT2D eigenvalue weighted by molar-refractivity contribution is 5.86. The summed E-state index contributed by atoms with van der Waals surface area (Å²) >= 11 is 0. The van der Waals surface area contributed by atoms with Crippen molar-refractivity contribution in [3.05, 3.63) is 41.5 Å². The highest BCUT2D eigenvalue weighted by Crippen LogP contribution is 2.36. The number of carbonyl (C=O) groups is 1. The van der Waals surface area contributed by atoms with Gasteiger partial charge in [0.25, 0.3) is 0 Å². The van der Waals surface area contributed by atoms with Crippen LogP contribution >= 0.6 is 0 Å². The van der Waals surface area contributed by atoms with E-state index >= 15 is 0 Å². The van der Waals surface area contributed by atoms with E-state index in [0.29, 0.717) is 12.0 Å². The molecule has 0 spiro atoms. The quantitative estimate of drug-likeness (QED) is 0.655. The normalized spacial score (nSPS) is 10.2. The van der Waals surface area contributed by atoms with E-state index in [1.165, 1.54) is 7.11 Å². The van der Waals surface area contributed by atoms with E-state index in [4.69, 9.17) is 10.5 Å². The summed E-state index contributed by atoms with van der Waals surface area (Å²) in [6.45, 7) is 1.95. The summed E-state index contributed by atoms with van der Waals surface area (Å²) in [5.74, 6) is 0.115. The third kappa shape index (κ3) is 2.38. The number of aromatic hydroxyl groups is 1. The number of anilines is 1. The van der Waals surface area contributed by atoms with E-state index < -0.39 is 0 Å². The van der Waals surface area contributed by atoms with Gasteiger partial charge in [0.05, 0.1) is 12.7 Å². The molecular weight excluding hydrogens is 242 g/mol. The van der Waals surface area contributed by atoms with Gasteiger partial charge in [0, 0.05) is 5.69 Å². The molecule has 4 heteroatoms. The molecule has 19 heavy (non-hydrogen) atoms. The Morgan fingerprint density at radius 1 is 1.26 bits per heavy atom. The van der Waals surface area contributed by atoms with Gasteiger partial charge < -0.3 is 15.6 Å². The van der Waals surface area contributed by atoms with Crippen molar-refractivity contribution in [1.82, 2.24) is 0 Å². The number of aryl methyl sites for hydroxylation is 1. The summed E-state index contributed by atoms with van der Waals surface area (Å²) in [6, 6.07) is 8.86. The number of phenols is 1. The second kappa shape index (κ2) is 5.02. The molecule has 3 N–H and O–H groups in total. The van der Waals surface area contributed by atoms with Crippen molar-refractivity contribution in [1.29, 1.82) is 0 Å². The monoisotopic (exact) mass is 257 g/mol. The number of carbonyl (C=O) groups excluding carboxylic acids is 1. The van der Waals surface area contributed by atoms with Gasteiger partial charge in [-0.2, -0.15) is 0 Å². The first-order chi connectivity index (χ1) is 9.06. The maximum absolute atomic E-state index is 11.0. The molecule has 0 heterocycles. The highest BCUT2D eigenvalue weighted by Gasteiger charge is 2.12. The minimum Gasteiger partial charge on any atom is -0.504 e. The number of hydrogen-bond acceptors (Lipinski definition) is 4. The number of aldehydes is 1. The summed E-state index contributed by atoms with van der Waals surface area (Å²) in [4.78, 5) is 11.0. The number of nitrogen functional groups attached to an aromatic ring is 1. The average molecular weight is 257 g/mol. The molecule has 0 aliphatic rings. The lowest BCUT2D eigenvalue weighted by atomic mass is 9.97. The first-order valence-corrected chi connectivity index (χ1v) is 5.79. The molecule has 0 amide bonds. The van der Waals surface area contributed by atoms with Crippen LogP contribution in [-0.4, -0.2) is 18.5 Å². The van der Waals surface area contributed by atoms with Crippen LogP contribution in [0.1, 0.15) is 15.9 Å². The third-order valence-corrected chi connectivity index (χ3v) is 3.02. The molecule has 0 saturated heterocycles. The van der Waals surface area contributed by atoms with Gasteiger partial charge in [0.2, 0.25) is 0 Å². The Morgan fingerprint density at radius 2 is 2.00 bits per heavy atom. The smallest absolute Gasteiger partial charge is 0.168 e. The Hall–Kier alpha value is -2.49. The molecule has 0 unspecified atom stereocenters. The Kier molecular flexibility index (Phi) is 3.42. The van der Waals surface area contributed by atoms with Gasteiger partial charge in [-0.25, -0.2) is 0 Å². The van der Waals surface area contributed by atoms with Crippen molar-refractivity contribution < 1.29 is 14.6 Å². The molecule has 98 valence electrons. The van der Waals surface area contributed by atoms with Crippen LogP contribution in [0.4, 0.5) is 5.69 Å². The van der Waals surface area contributed by atoms with Crippen LogP contribution in [0.15, 0.2) is 30.3 Å². The molecule has 0 aromatic heterocycles. The van der Waals surface area contributed by atoms with Crippen molar-refractivity contribution in [2.75, 3.05) is 12.8 Å². The Balaban J connectivity index is 2.68. The van der Waals surface area contributed by atoms with Crippen LogP contribution in [0.5, 0.6) is 11.5 Å². The van der Waals surface area contributed by atoms with E-state index in [9.17, 15) is 9.90 Å². The minimum absolute atomic E-state index is 0.150. The fourth-order valence-corrected chi connectivity index (χ4v) is 1.98. The maximum Gasteiger partial charge on any atom is 0.168 e. The van der Waals surface area contributed by atoms with E-state index in [2.05, 4.69) is 0 Å². The SMILES string of the molecule is COc1cc(-c2cc(N)ccc2C)cc(C=O)c1O. The van der Waals surface area contributed by atoms with Gasteiger partial charge in [0.15, 0.2) is 17.8 Å². The summed E-state index contributed by atoms with van der Waals surface area (Å²) < 4.78 is 5.08. The van der Waals surface area contributed by atoms with E-state index in [0.717, 1.165) is 16.7 Å². The average Bonchev–Trinajstić information content (AvgIpc) is 2.42. The first kappa shape index (κ1) is 13.0. The number of phenolic OH excluding ortho intramolecular Hbond substituents is 1. The Bertz CT molecular complexity index is 636. The number of hydrogen-bond donors (Lipinski definition) is 2. The van der Waals surface area contributed by atoms with E-state index in [-0.39, 0.29) is 17.1 Å². The highest BCUT2D eigenvalue weighted by atomic mass is 16.5. The standard InChI is InChI=1S/C15H15NO3/c1-9-3-4-12(16)7-13(9)10-5-11(8-17)15(18)14(6-10)19-2/h3-8,18H,16H2,1-2H3. The Labute approximate surface area is 111 Å². The zero-order valence-electron chi connectivity index (χ0n) is 10.8. The molecule has 0 atom stereocenters. The van der Waals surface area contributed by atoms with Crippen LogP contribution in [0.2, 0.25) is 0 Å². The molecule has 0 aliphatic heterocycles. The van der Waals surface area contributed by atoms with Crippen molar-refractivity contribution in [2.24, 2.45) is 0 Å². The van der Waals surface area contributed by atoms with Gasteiger partial charge >= 0.3 is 0 Å². The van der Waals surface area contributed by atoms with Crippen LogP contribution in [0, 0.1) is 6.92 Å². The number of nitrogens with two attached hydrogens (primary N) is 1. The number of benzene rings is 2. The van der Waals surface area contributed by atoms with Crippen molar-refractivity contribution in [3.63, 3.8) is 0 Å². The lowest BCUT2D eigenvalue weighted by Gasteiger charge is -2.11. The predicted octanol–water partition coefficient (Wildman–Crippen LogP) is 2.77. The molecule has 0 bridgehead atoms. The van der Waals surface area contributed by atoms with Crippen LogP contribution in [-0.2, 0) is 0 Å². The van der Waals surface area contributed by atoms with Crippen LogP contribution < -0.4 is 10.5 Å². The lowest BCUT2D eigenvalue weighted by molar-refractivity contribution is 0.112. The number of methoxy groups -OCH3 is 1. The third-order valence-electron chi connectivity index (χ3n) is 3.02. The Morgan fingerprint density at radius 3 is 2.63 bits per heavy atom. The summed E-state index contributed by atoms with van der Waals surface area (Å²) in [5, 5.41) is 9.80. The fraction of sp³-hybridized carbons (Fsp3) is 0.133. The van der Waals surface area contributed by atoms with Gasteiger partial charge in [-0.3, -0.25) is 4.79 Å². The molecule has 4 nitrogen and oxygen atoms in total. The molecule has 2 aromatic rings. The molecule has 2 aromatic carbocycles. The van der Waals surface area contributed by atoms with Crippen molar-refractivity contribution in [3.8, 4) is 22.6 Å². The lowest BCUT2D eigenvalue weighted by Crippen LogP contribution is -1.93.